The van der Waals surface area contributed by atoms with Crippen molar-refractivity contribution >= 4 is 56.5 Å². The minimum absolute atomic E-state index is 0.137. The lowest BCUT2D eigenvalue weighted by Crippen LogP contribution is -2.27. The van der Waals surface area contributed by atoms with E-state index >= 15 is 0 Å². The van der Waals surface area contributed by atoms with Gasteiger partial charge in [0.2, 0.25) is 0 Å². The number of carbonyl (C=O) groups is 2. The number of halogens is 2. The number of ether oxygens (including phenoxy) is 2. The molecule has 5 nitrogen and oxygen atoms in total. The summed E-state index contributed by atoms with van der Waals surface area (Å²) in [5.41, 5.74) is 1.44. The average Bonchev–Trinajstić information content (AvgIpc) is 2.92. The Bertz CT molecular complexity index is 963. The maximum Gasteiger partial charge on any atom is 0.293 e. The predicted octanol–water partition coefficient (Wildman–Crippen LogP) is 5.75. The van der Waals surface area contributed by atoms with Gasteiger partial charge in [-0.25, -0.2) is 0 Å². The minimum atomic E-state index is -0.348. The number of hydrogen-bond donors (Lipinski definition) is 0. The Balaban J connectivity index is 1.87. The van der Waals surface area contributed by atoms with Gasteiger partial charge in [0.05, 0.1) is 29.6 Å². The molecule has 1 fully saturated rings. The normalized spacial score (nSPS) is 15.4. The van der Waals surface area contributed by atoms with Crippen LogP contribution in [-0.2, 0) is 11.3 Å². The molecule has 2 aromatic carbocycles. The number of nitrogens with zero attached hydrogens (tertiary/aromatic N) is 1. The van der Waals surface area contributed by atoms with E-state index in [1.54, 1.807) is 37.5 Å². The Morgan fingerprint density at radius 2 is 2.00 bits per heavy atom. The fourth-order valence-electron chi connectivity index (χ4n) is 2.69. The smallest absolute Gasteiger partial charge is 0.293 e. The monoisotopic (exact) mass is 481 g/mol. The topological polar surface area (TPSA) is 55.8 Å². The van der Waals surface area contributed by atoms with Gasteiger partial charge in [-0.3, -0.25) is 14.5 Å². The van der Waals surface area contributed by atoms with Gasteiger partial charge in [-0.1, -0.05) is 29.8 Å². The molecule has 0 aliphatic carbocycles. The van der Waals surface area contributed by atoms with Crippen LogP contribution in [0.1, 0.15) is 18.1 Å². The van der Waals surface area contributed by atoms with Crippen LogP contribution in [0.4, 0.5) is 4.79 Å². The molecule has 1 aliphatic rings. The molecule has 1 heterocycles. The van der Waals surface area contributed by atoms with Crippen molar-refractivity contribution in [3.05, 3.63) is 61.9 Å². The molecule has 2 aromatic rings. The SMILES string of the molecule is CCOc1c(Br)cc(C=C2SC(=O)N(Cc3ccccc3Cl)C2=O)cc1OC. The largest absolute Gasteiger partial charge is 0.493 e. The first-order valence-corrected chi connectivity index (χ1v) is 10.4. The highest BCUT2D eigenvalue weighted by atomic mass is 79.9. The van der Waals surface area contributed by atoms with E-state index in [1.807, 2.05) is 19.1 Å². The highest BCUT2D eigenvalue weighted by Crippen LogP contribution is 2.39. The second-order valence-corrected chi connectivity index (χ2v) is 8.08. The van der Waals surface area contributed by atoms with Crippen molar-refractivity contribution in [2.75, 3.05) is 13.7 Å². The summed E-state index contributed by atoms with van der Waals surface area (Å²) in [6.45, 7) is 2.52. The summed E-state index contributed by atoms with van der Waals surface area (Å²) in [6, 6.07) is 10.7. The first-order valence-electron chi connectivity index (χ1n) is 8.43. The Kier molecular flexibility index (Phi) is 6.69. The average molecular weight is 483 g/mol. The standard InChI is InChI=1S/C20H17BrClNO4S/c1-3-27-18-14(21)8-12(9-16(18)26-2)10-17-19(24)23(20(25)28-17)11-13-6-4-5-7-15(13)22/h4-10H,3,11H2,1-2H3. The summed E-state index contributed by atoms with van der Waals surface area (Å²) in [4.78, 5) is 26.6. The maximum atomic E-state index is 12.8. The molecule has 0 atom stereocenters. The van der Waals surface area contributed by atoms with E-state index < -0.39 is 0 Å². The molecule has 0 N–H and O–H groups in total. The quantitative estimate of drug-likeness (QED) is 0.491. The highest BCUT2D eigenvalue weighted by Gasteiger charge is 2.35. The molecule has 0 unspecified atom stereocenters. The molecular formula is C20H17BrClNO4S. The van der Waals surface area contributed by atoms with Crippen molar-refractivity contribution in [1.82, 2.24) is 4.90 Å². The molecule has 8 heteroatoms. The van der Waals surface area contributed by atoms with E-state index in [1.165, 1.54) is 4.90 Å². The van der Waals surface area contributed by atoms with Crippen LogP contribution in [0.2, 0.25) is 5.02 Å². The van der Waals surface area contributed by atoms with Crippen LogP contribution >= 0.6 is 39.3 Å². The van der Waals surface area contributed by atoms with Gasteiger partial charge < -0.3 is 9.47 Å². The first kappa shape index (κ1) is 20.8. The van der Waals surface area contributed by atoms with Crippen LogP contribution in [0, 0.1) is 0 Å². The van der Waals surface area contributed by atoms with Crippen molar-refractivity contribution in [3.63, 3.8) is 0 Å². The fourth-order valence-corrected chi connectivity index (χ4v) is 4.30. The van der Waals surface area contributed by atoms with Crippen molar-refractivity contribution < 1.29 is 19.1 Å². The summed E-state index contributed by atoms with van der Waals surface area (Å²) in [7, 11) is 1.55. The van der Waals surface area contributed by atoms with Crippen LogP contribution in [-0.4, -0.2) is 29.8 Å². The Labute approximate surface area is 180 Å². The van der Waals surface area contributed by atoms with E-state index in [0.717, 1.165) is 22.9 Å². The van der Waals surface area contributed by atoms with Crippen LogP contribution in [0.15, 0.2) is 45.8 Å². The summed E-state index contributed by atoms with van der Waals surface area (Å²) < 4.78 is 11.7. The van der Waals surface area contributed by atoms with E-state index in [2.05, 4.69) is 15.9 Å². The van der Waals surface area contributed by atoms with Gasteiger partial charge in [-0.15, -0.1) is 0 Å². The van der Waals surface area contributed by atoms with Gasteiger partial charge in [0, 0.05) is 5.02 Å². The minimum Gasteiger partial charge on any atom is -0.493 e. The molecule has 0 saturated carbocycles. The van der Waals surface area contributed by atoms with E-state index in [9.17, 15) is 9.59 Å². The molecule has 1 aliphatic heterocycles. The van der Waals surface area contributed by atoms with Crippen molar-refractivity contribution in [1.29, 1.82) is 0 Å². The number of benzene rings is 2. The van der Waals surface area contributed by atoms with Crippen LogP contribution in [0.3, 0.4) is 0 Å². The Morgan fingerprint density at radius 1 is 1.25 bits per heavy atom. The predicted molar refractivity (Wildman–Crippen MR) is 115 cm³/mol. The lowest BCUT2D eigenvalue weighted by molar-refractivity contribution is -0.123. The number of thioether (sulfide) groups is 1. The third kappa shape index (κ3) is 4.37. The molecule has 0 aromatic heterocycles. The second-order valence-electron chi connectivity index (χ2n) is 5.83. The summed E-state index contributed by atoms with van der Waals surface area (Å²) >= 11 is 10.5. The zero-order valence-corrected chi connectivity index (χ0v) is 18.4. The van der Waals surface area contributed by atoms with Crippen molar-refractivity contribution in [3.8, 4) is 11.5 Å². The maximum absolute atomic E-state index is 12.8. The molecule has 0 bridgehead atoms. The number of amides is 2. The second kappa shape index (κ2) is 9.03. The van der Waals surface area contributed by atoms with E-state index in [4.69, 9.17) is 21.1 Å². The van der Waals surface area contributed by atoms with Gasteiger partial charge in [-0.2, -0.15) is 0 Å². The molecule has 1 saturated heterocycles. The number of imide groups is 1. The van der Waals surface area contributed by atoms with Crippen LogP contribution < -0.4 is 9.47 Å². The number of methoxy groups -OCH3 is 1. The van der Waals surface area contributed by atoms with E-state index in [-0.39, 0.29) is 17.7 Å². The van der Waals surface area contributed by atoms with Crippen LogP contribution in [0.5, 0.6) is 11.5 Å². The Hall–Kier alpha value is -1.96. The van der Waals surface area contributed by atoms with Gasteiger partial charge in [0.1, 0.15) is 0 Å². The molecule has 28 heavy (non-hydrogen) atoms. The fraction of sp³-hybridized carbons (Fsp3) is 0.200. The zero-order valence-electron chi connectivity index (χ0n) is 15.2. The van der Waals surface area contributed by atoms with Crippen molar-refractivity contribution in [2.24, 2.45) is 0 Å². The zero-order chi connectivity index (χ0) is 20.3. The number of hydrogen-bond acceptors (Lipinski definition) is 5. The number of rotatable bonds is 6. The van der Waals surface area contributed by atoms with Gasteiger partial charge in [0.25, 0.3) is 11.1 Å². The first-order chi connectivity index (χ1) is 13.4. The Morgan fingerprint density at radius 3 is 2.68 bits per heavy atom. The third-order valence-electron chi connectivity index (χ3n) is 4.00. The van der Waals surface area contributed by atoms with Crippen molar-refractivity contribution in [2.45, 2.75) is 13.5 Å². The van der Waals surface area contributed by atoms with Gasteiger partial charge in [0.15, 0.2) is 11.5 Å². The molecule has 0 radical (unpaired) electrons. The molecular weight excluding hydrogens is 466 g/mol. The van der Waals surface area contributed by atoms with E-state index in [0.29, 0.717) is 32.5 Å². The molecule has 0 spiro atoms. The number of carbonyl (C=O) groups excluding carboxylic acids is 2. The molecule has 3 rings (SSSR count). The summed E-state index contributed by atoms with van der Waals surface area (Å²) in [6.07, 6.45) is 1.67. The molecule has 146 valence electrons. The molecule has 2 amide bonds. The third-order valence-corrected chi connectivity index (χ3v) is 5.86. The summed E-state index contributed by atoms with van der Waals surface area (Å²) in [5, 5.41) is 0.193. The lowest BCUT2D eigenvalue weighted by Gasteiger charge is -2.13. The summed E-state index contributed by atoms with van der Waals surface area (Å²) in [5.74, 6) is 0.783. The van der Waals surface area contributed by atoms with Gasteiger partial charge >= 0.3 is 0 Å². The van der Waals surface area contributed by atoms with Gasteiger partial charge in [-0.05, 0) is 70.0 Å². The lowest BCUT2D eigenvalue weighted by atomic mass is 10.1. The highest BCUT2D eigenvalue weighted by molar-refractivity contribution is 9.10. The van der Waals surface area contributed by atoms with Crippen LogP contribution in [0.25, 0.3) is 6.08 Å².